The number of hydrogen-bond donors (Lipinski definition) is 2. The number of carbonyl (C=O) groups excluding carboxylic acids is 1. The second-order valence-corrected chi connectivity index (χ2v) is 5.10. The molecule has 0 spiro atoms. The molecule has 112 valence electrons. The van der Waals surface area contributed by atoms with Gasteiger partial charge in [-0.05, 0) is 25.8 Å². The molecule has 1 aromatic carbocycles. The first-order chi connectivity index (χ1) is 9.15. The molecule has 4 nitrogen and oxygen atoms in total. The molecule has 1 aromatic rings. The minimum Gasteiger partial charge on any atom is -0.366 e. The number of nitrogens with one attached hydrogen (secondary N) is 2. The Kier molecular flexibility index (Phi) is 6.99. The lowest BCUT2D eigenvalue weighted by molar-refractivity contribution is -0.134. The van der Waals surface area contributed by atoms with Crippen LogP contribution in [0.4, 0.5) is 0 Å². The van der Waals surface area contributed by atoms with Crippen molar-refractivity contribution in [2.75, 3.05) is 26.2 Å². The number of amides is 1. The number of morpholine rings is 1. The van der Waals surface area contributed by atoms with E-state index in [-0.39, 0.29) is 24.4 Å². The molecule has 0 aliphatic carbocycles. The van der Waals surface area contributed by atoms with Gasteiger partial charge < -0.3 is 15.4 Å². The van der Waals surface area contributed by atoms with Gasteiger partial charge in [-0.2, -0.15) is 0 Å². The minimum absolute atomic E-state index is 0. The fraction of sp³-hybridized carbons (Fsp3) is 0.533. The van der Waals surface area contributed by atoms with Crippen molar-refractivity contribution in [2.24, 2.45) is 0 Å². The molecule has 20 heavy (non-hydrogen) atoms. The van der Waals surface area contributed by atoms with Crippen LogP contribution in [0.5, 0.6) is 0 Å². The Morgan fingerprint density at radius 1 is 1.35 bits per heavy atom. The molecule has 1 amide bonds. The smallest absolute Gasteiger partial charge is 0.250 e. The number of rotatable bonds is 4. The summed E-state index contributed by atoms with van der Waals surface area (Å²) in [6, 6.07) is 6.49. The van der Waals surface area contributed by atoms with Gasteiger partial charge in [0.15, 0.2) is 0 Å². The zero-order chi connectivity index (χ0) is 13.7. The first kappa shape index (κ1) is 17.0. The van der Waals surface area contributed by atoms with Crippen LogP contribution in [0, 0.1) is 13.8 Å². The topological polar surface area (TPSA) is 50.4 Å². The first-order valence-corrected chi connectivity index (χ1v) is 6.82. The van der Waals surface area contributed by atoms with E-state index in [0.717, 1.165) is 13.0 Å². The molecule has 1 fully saturated rings. The maximum absolute atomic E-state index is 11.8. The van der Waals surface area contributed by atoms with Crippen molar-refractivity contribution in [3.8, 4) is 0 Å². The van der Waals surface area contributed by atoms with Crippen LogP contribution in [0.1, 0.15) is 16.7 Å². The Labute approximate surface area is 126 Å². The van der Waals surface area contributed by atoms with Gasteiger partial charge in [-0.15, -0.1) is 12.4 Å². The summed E-state index contributed by atoms with van der Waals surface area (Å²) in [5.41, 5.74) is 3.79. The van der Waals surface area contributed by atoms with Crippen molar-refractivity contribution in [1.82, 2.24) is 10.6 Å². The molecular weight excluding hydrogens is 276 g/mol. The Hall–Kier alpha value is -1.10. The molecule has 1 unspecified atom stereocenters. The van der Waals surface area contributed by atoms with Crippen molar-refractivity contribution in [3.05, 3.63) is 34.9 Å². The molecule has 1 saturated heterocycles. The fourth-order valence-corrected chi connectivity index (χ4v) is 2.39. The van der Waals surface area contributed by atoms with Crippen LogP contribution in [0.2, 0.25) is 0 Å². The minimum atomic E-state index is -0.340. The highest BCUT2D eigenvalue weighted by molar-refractivity contribution is 5.85. The van der Waals surface area contributed by atoms with Gasteiger partial charge in [0.05, 0.1) is 6.61 Å². The van der Waals surface area contributed by atoms with Crippen LogP contribution in [-0.4, -0.2) is 38.3 Å². The maximum Gasteiger partial charge on any atom is 0.250 e. The van der Waals surface area contributed by atoms with E-state index in [0.29, 0.717) is 19.7 Å². The van der Waals surface area contributed by atoms with Gasteiger partial charge in [-0.3, -0.25) is 4.79 Å². The SMILES string of the molecule is Cc1cc(C)cc(CCNC(=O)C2CNCCO2)c1.Cl. The maximum atomic E-state index is 11.8. The van der Waals surface area contributed by atoms with Crippen molar-refractivity contribution in [1.29, 1.82) is 0 Å². The van der Waals surface area contributed by atoms with E-state index >= 15 is 0 Å². The average molecular weight is 299 g/mol. The van der Waals surface area contributed by atoms with Crippen molar-refractivity contribution in [3.63, 3.8) is 0 Å². The molecule has 1 atom stereocenters. The van der Waals surface area contributed by atoms with Gasteiger partial charge in [0.25, 0.3) is 0 Å². The third kappa shape index (κ3) is 5.12. The Balaban J connectivity index is 0.00000200. The third-order valence-electron chi connectivity index (χ3n) is 3.21. The van der Waals surface area contributed by atoms with Crippen molar-refractivity contribution < 1.29 is 9.53 Å². The Morgan fingerprint density at radius 3 is 2.65 bits per heavy atom. The summed E-state index contributed by atoms with van der Waals surface area (Å²) in [5.74, 6) is -0.0171. The van der Waals surface area contributed by atoms with Crippen LogP contribution in [-0.2, 0) is 16.0 Å². The number of benzene rings is 1. The quantitative estimate of drug-likeness (QED) is 0.883. The number of halogens is 1. The van der Waals surface area contributed by atoms with Crippen molar-refractivity contribution >= 4 is 18.3 Å². The standard InChI is InChI=1S/C15H22N2O2.ClH/c1-11-7-12(2)9-13(8-11)3-4-17-15(18)14-10-16-5-6-19-14;/h7-9,14,16H,3-6,10H2,1-2H3,(H,17,18);1H. The van der Waals surface area contributed by atoms with Gasteiger partial charge >= 0.3 is 0 Å². The lowest BCUT2D eigenvalue weighted by Crippen LogP contribution is -2.48. The predicted molar refractivity (Wildman–Crippen MR) is 82.5 cm³/mol. The molecular formula is C15H23ClN2O2. The highest BCUT2D eigenvalue weighted by Gasteiger charge is 2.20. The average Bonchev–Trinajstić information content (AvgIpc) is 2.38. The summed E-state index contributed by atoms with van der Waals surface area (Å²) in [7, 11) is 0. The van der Waals surface area contributed by atoms with Crippen LogP contribution >= 0.6 is 12.4 Å². The molecule has 2 N–H and O–H groups in total. The largest absolute Gasteiger partial charge is 0.366 e. The molecule has 0 bridgehead atoms. The number of hydrogen-bond acceptors (Lipinski definition) is 3. The molecule has 0 saturated carbocycles. The molecule has 0 aromatic heterocycles. The summed E-state index contributed by atoms with van der Waals surface area (Å²) < 4.78 is 5.41. The Morgan fingerprint density at radius 2 is 2.05 bits per heavy atom. The van der Waals surface area contributed by atoms with E-state index in [2.05, 4.69) is 42.7 Å². The van der Waals surface area contributed by atoms with Crippen molar-refractivity contribution in [2.45, 2.75) is 26.4 Å². The van der Waals surface area contributed by atoms with Gasteiger partial charge in [0.2, 0.25) is 5.91 Å². The normalized spacial score (nSPS) is 18.2. The zero-order valence-electron chi connectivity index (χ0n) is 12.1. The summed E-state index contributed by atoms with van der Waals surface area (Å²) in [4.78, 5) is 11.8. The van der Waals surface area contributed by atoms with Crippen LogP contribution in [0.3, 0.4) is 0 Å². The van der Waals surface area contributed by atoms with Gasteiger partial charge in [0, 0.05) is 19.6 Å². The van der Waals surface area contributed by atoms with Crippen LogP contribution < -0.4 is 10.6 Å². The fourth-order valence-electron chi connectivity index (χ4n) is 2.39. The summed E-state index contributed by atoms with van der Waals surface area (Å²) >= 11 is 0. The van der Waals surface area contributed by atoms with Crippen LogP contribution in [0.25, 0.3) is 0 Å². The zero-order valence-corrected chi connectivity index (χ0v) is 12.9. The van der Waals surface area contributed by atoms with E-state index in [4.69, 9.17) is 4.74 Å². The summed E-state index contributed by atoms with van der Waals surface area (Å²) in [6.07, 6.45) is 0.516. The van der Waals surface area contributed by atoms with Gasteiger partial charge in [-0.1, -0.05) is 29.3 Å². The number of aryl methyl sites for hydroxylation is 2. The number of ether oxygens (including phenoxy) is 1. The van der Waals surface area contributed by atoms with Gasteiger partial charge in [0.1, 0.15) is 6.10 Å². The molecule has 1 aliphatic rings. The highest BCUT2D eigenvalue weighted by atomic mass is 35.5. The third-order valence-corrected chi connectivity index (χ3v) is 3.21. The molecule has 1 heterocycles. The van der Waals surface area contributed by atoms with E-state index in [1.54, 1.807) is 0 Å². The summed E-state index contributed by atoms with van der Waals surface area (Å²) in [5, 5.41) is 6.09. The van der Waals surface area contributed by atoms with E-state index in [1.807, 2.05) is 0 Å². The number of carbonyl (C=O) groups is 1. The lowest BCUT2D eigenvalue weighted by Gasteiger charge is -2.22. The Bertz CT molecular complexity index is 425. The van der Waals surface area contributed by atoms with E-state index < -0.39 is 0 Å². The second-order valence-electron chi connectivity index (χ2n) is 5.10. The monoisotopic (exact) mass is 298 g/mol. The predicted octanol–water partition coefficient (Wildman–Crippen LogP) is 1.37. The highest BCUT2D eigenvalue weighted by Crippen LogP contribution is 2.09. The second kappa shape index (κ2) is 8.25. The molecule has 0 radical (unpaired) electrons. The molecule has 1 aliphatic heterocycles. The van der Waals surface area contributed by atoms with E-state index in [9.17, 15) is 4.79 Å². The lowest BCUT2D eigenvalue weighted by atomic mass is 10.1. The van der Waals surface area contributed by atoms with E-state index in [1.165, 1.54) is 16.7 Å². The molecule has 5 heteroatoms. The van der Waals surface area contributed by atoms with Gasteiger partial charge in [-0.25, -0.2) is 0 Å². The van der Waals surface area contributed by atoms with Crippen LogP contribution in [0.15, 0.2) is 18.2 Å². The molecule has 2 rings (SSSR count). The first-order valence-electron chi connectivity index (χ1n) is 6.82. The summed E-state index contributed by atoms with van der Waals surface area (Å²) in [6.45, 7) is 6.88.